The van der Waals surface area contributed by atoms with Gasteiger partial charge in [-0.1, -0.05) is 6.07 Å². The normalized spacial score (nSPS) is 24.0. The van der Waals surface area contributed by atoms with Crippen molar-refractivity contribution in [3.05, 3.63) is 36.5 Å². The maximum Gasteiger partial charge on any atom is 0.235 e. The lowest BCUT2D eigenvalue weighted by Gasteiger charge is -2.30. The lowest BCUT2D eigenvalue weighted by Crippen LogP contribution is -2.46. The number of rotatable bonds is 5. The molecular weight excluding hydrogens is 330 g/mol. The van der Waals surface area contributed by atoms with Crippen molar-refractivity contribution in [3.63, 3.8) is 0 Å². The second kappa shape index (κ2) is 6.59. The summed E-state index contributed by atoms with van der Waals surface area (Å²) in [5.74, 6) is 0.151. The number of pyridine rings is 1. The molecule has 0 unspecified atom stereocenters. The van der Waals surface area contributed by atoms with Crippen molar-refractivity contribution in [2.75, 3.05) is 0 Å². The Balaban J connectivity index is 1.30. The molecule has 6 nitrogen and oxygen atoms in total. The van der Waals surface area contributed by atoms with Gasteiger partial charge in [-0.3, -0.25) is 14.6 Å². The van der Waals surface area contributed by atoms with Crippen molar-refractivity contribution in [2.24, 2.45) is 11.1 Å². The zero-order valence-electron chi connectivity index (χ0n) is 14.6. The van der Waals surface area contributed by atoms with Crippen molar-refractivity contribution < 1.29 is 14.3 Å². The van der Waals surface area contributed by atoms with Crippen LogP contribution in [-0.4, -0.2) is 28.9 Å². The van der Waals surface area contributed by atoms with E-state index in [9.17, 15) is 9.59 Å². The molecule has 4 rings (SSSR count). The molecular formula is C20H23N3O3. The minimum Gasteiger partial charge on any atom is -0.490 e. The first kappa shape index (κ1) is 16.8. The SMILES string of the molecule is NC(=O)C1(C(=O)NC2CCC(Oc3ccc4ncccc4c3)CC2)CC1. The zero-order valence-corrected chi connectivity index (χ0v) is 14.6. The Bertz CT molecular complexity index is 839. The van der Waals surface area contributed by atoms with E-state index >= 15 is 0 Å². The highest BCUT2D eigenvalue weighted by atomic mass is 16.5. The maximum atomic E-state index is 12.3. The first-order chi connectivity index (χ1) is 12.6. The molecule has 26 heavy (non-hydrogen) atoms. The van der Waals surface area contributed by atoms with Gasteiger partial charge >= 0.3 is 0 Å². The molecule has 6 heteroatoms. The highest BCUT2D eigenvalue weighted by Crippen LogP contribution is 2.45. The predicted octanol–water partition coefficient (Wildman–Crippen LogP) is 2.31. The second-order valence-electron chi connectivity index (χ2n) is 7.37. The van der Waals surface area contributed by atoms with E-state index in [0.29, 0.717) is 12.8 Å². The Hall–Kier alpha value is -2.63. The van der Waals surface area contributed by atoms with Crippen LogP contribution < -0.4 is 15.8 Å². The molecule has 0 saturated heterocycles. The van der Waals surface area contributed by atoms with Gasteiger partial charge in [0.15, 0.2) is 0 Å². The highest BCUT2D eigenvalue weighted by molar-refractivity contribution is 6.07. The van der Waals surface area contributed by atoms with Gasteiger partial charge in [0.2, 0.25) is 11.8 Å². The Morgan fingerprint density at radius 3 is 2.62 bits per heavy atom. The third-order valence-electron chi connectivity index (χ3n) is 5.54. The van der Waals surface area contributed by atoms with E-state index in [-0.39, 0.29) is 18.1 Å². The number of nitrogens with zero attached hydrogens (tertiary/aromatic N) is 1. The number of fused-ring (bicyclic) bond motifs is 1. The Morgan fingerprint density at radius 1 is 1.15 bits per heavy atom. The molecule has 1 aromatic heterocycles. The Kier molecular flexibility index (Phi) is 4.26. The van der Waals surface area contributed by atoms with Gasteiger partial charge in [0.1, 0.15) is 11.2 Å². The number of nitrogens with one attached hydrogen (secondary N) is 1. The molecule has 0 spiro atoms. The van der Waals surface area contributed by atoms with E-state index in [4.69, 9.17) is 10.5 Å². The number of carbonyl (C=O) groups excluding carboxylic acids is 2. The average Bonchev–Trinajstić information content (AvgIpc) is 3.45. The molecule has 0 radical (unpaired) electrons. The molecule has 136 valence electrons. The number of aromatic nitrogens is 1. The quantitative estimate of drug-likeness (QED) is 0.807. The van der Waals surface area contributed by atoms with Crippen LogP contribution in [0.15, 0.2) is 36.5 Å². The van der Waals surface area contributed by atoms with E-state index in [0.717, 1.165) is 42.3 Å². The molecule has 2 saturated carbocycles. The van der Waals surface area contributed by atoms with Crippen LogP contribution in [0.1, 0.15) is 38.5 Å². The molecule has 2 amide bonds. The molecule has 2 aromatic rings. The van der Waals surface area contributed by atoms with E-state index < -0.39 is 11.3 Å². The molecule has 2 aliphatic rings. The Morgan fingerprint density at radius 2 is 1.92 bits per heavy atom. The smallest absolute Gasteiger partial charge is 0.235 e. The monoisotopic (exact) mass is 353 g/mol. The van der Waals surface area contributed by atoms with Crippen LogP contribution in [0.2, 0.25) is 0 Å². The van der Waals surface area contributed by atoms with Gasteiger partial charge in [0.25, 0.3) is 0 Å². The summed E-state index contributed by atoms with van der Waals surface area (Å²) in [5.41, 5.74) is 5.38. The highest BCUT2D eigenvalue weighted by Gasteiger charge is 2.55. The first-order valence-corrected chi connectivity index (χ1v) is 9.19. The molecule has 0 aliphatic heterocycles. The summed E-state index contributed by atoms with van der Waals surface area (Å²) >= 11 is 0. The minimum atomic E-state index is -0.938. The standard InChI is InChI=1S/C20H23N3O3/c21-18(24)20(9-10-20)19(25)23-14-3-5-15(6-4-14)26-16-7-8-17-13(12-16)2-1-11-22-17/h1-2,7-8,11-12,14-15H,3-6,9-10H2,(H2,21,24)(H,23,25). The fraction of sp³-hybridized carbons (Fsp3) is 0.450. The fourth-order valence-electron chi connectivity index (χ4n) is 3.68. The van der Waals surface area contributed by atoms with Gasteiger partial charge in [-0.15, -0.1) is 0 Å². The van der Waals surface area contributed by atoms with Gasteiger partial charge in [-0.25, -0.2) is 0 Å². The zero-order chi connectivity index (χ0) is 18.1. The summed E-state index contributed by atoms with van der Waals surface area (Å²) in [7, 11) is 0. The predicted molar refractivity (Wildman–Crippen MR) is 97.4 cm³/mol. The van der Waals surface area contributed by atoms with Crippen LogP contribution in [0.3, 0.4) is 0 Å². The van der Waals surface area contributed by atoms with Crippen LogP contribution in [0, 0.1) is 5.41 Å². The van der Waals surface area contributed by atoms with Crippen LogP contribution in [0.4, 0.5) is 0 Å². The second-order valence-corrected chi connectivity index (χ2v) is 7.37. The van der Waals surface area contributed by atoms with E-state index in [1.165, 1.54) is 0 Å². The van der Waals surface area contributed by atoms with Crippen LogP contribution in [-0.2, 0) is 9.59 Å². The van der Waals surface area contributed by atoms with Gasteiger partial charge < -0.3 is 15.8 Å². The number of hydrogen-bond donors (Lipinski definition) is 2. The summed E-state index contributed by atoms with van der Waals surface area (Å²) in [4.78, 5) is 28.1. The number of amides is 2. The van der Waals surface area contributed by atoms with Crippen molar-refractivity contribution >= 4 is 22.7 Å². The molecule has 0 atom stereocenters. The van der Waals surface area contributed by atoms with Gasteiger partial charge in [0, 0.05) is 17.6 Å². The molecule has 2 fully saturated rings. The number of nitrogens with two attached hydrogens (primary N) is 1. The van der Waals surface area contributed by atoms with Gasteiger partial charge in [-0.05, 0) is 62.8 Å². The summed E-state index contributed by atoms with van der Waals surface area (Å²) in [6.07, 6.45) is 6.51. The largest absolute Gasteiger partial charge is 0.490 e. The third kappa shape index (κ3) is 3.23. The summed E-state index contributed by atoms with van der Waals surface area (Å²) in [5, 5.41) is 4.07. The topological polar surface area (TPSA) is 94.3 Å². The Labute approximate surface area is 152 Å². The number of carbonyl (C=O) groups is 2. The lowest BCUT2D eigenvalue weighted by molar-refractivity contribution is -0.136. The van der Waals surface area contributed by atoms with Crippen molar-refractivity contribution in [1.29, 1.82) is 0 Å². The van der Waals surface area contributed by atoms with E-state index in [1.807, 2.05) is 30.3 Å². The van der Waals surface area contributed by atoms with Gasteiger partial charge in [-0.2, -0.15) is 0 Å². The molecule has 2 aliphatic carbocycles. The third-order valence-corrected chi connectivity index (χ3v) is 5.54. The fourth-order valence-corrected chi connectivity index (χ4v) is 3.68. The molecule has 1 heterocycles. The molecule has 0 bridgehead atoms. The van der Waals surface area contributed by atoms with Crippen LogP contribution in [0.5, 0.6) is 5.75 Å². The van der Waals surface area contributed by atoms with Crippen molar-refractivity contribution in [2.45, 2.75) is 50.7 Å². The number of benzene rings is 1. The summed E-state index contributed by atoms with van der Waals surface area (Å²) < 4.78 is 6.12. The minimum absolute atomic E-state index is 0.0972. The number of primary amides is 1. The first-order valence-electron chi connectivity index (χ1n) is 9.19. The van der Waals surface area contributed by atoms with Crippen LogP contribution >= 0.6 is 0 Å². The maximum absolute atomic E-state index is 12.3. The average molecular weight is 353 g/mol. The summed E-state index contributed by atoms with van der Waals surface area (Å²) in [6, 6.07) is 9.97. The summed E-state index contributed by atoms with van der Waals surface area (Å²) in [6.45, 7) is 0. The molecule has 3 N–H and O–H groups in total. The van der Waals surface area contributed by atoms with E-state index in [1.54, 1.807) is 6.20 Å². The number of hydrogen-bond acceptors (Lipinski definition) is 4. The van der Waals surface area contributed by atoms with Crippen molar-refractivity contribution in [3.8, 4) is 5.75 Å². The van der Waals surface area contributed by atoms with E-state index in [2.05, 4.69) is 10.3 Å². The molecule has 1 aromatic carbocycles. The number of ether oxygens (including phenoxy) is 1. The van der Waals surface area contributed by atoms with Gasteiger partial charge in [0.05, 0.1) is 11.6 Å². The van der Waals surface area contributed by atoms with Crippen molar-refractivity contribution in [1.82, 2.24) is 10.3 Å². The lowest BCUT2D eigenvalue weighted by atomic mass is 9.92. The van der Waals surface area contributed by atoms with Crippen LogP contribution in [0.25, 0.3) is 10.9 Å².